The average Bonchev–Trinajstić information content (AvgIpc) is 3.32. The number of nitrogens with one attached hydrogen (secondary N) is 1. The lowest BCUT2D eigenvalue weighted by molar-refractivity contribution is 0.0517. The number of fused-ring (bicyclic) bond motifs is 1. The van der Waals surface area contributed by atoms with Gasteiger partial charge in [-0.1, -0.05) is 12.1 Å². The summed E-state index contributed by atoms with van der Waals surface area (Å²) in [5, 5.41) is 1.02. The van der Waals surface area contributed by atoms with Gasteiger partial charge in [0, 0.05) is 23.6 Å². The Morgan fingerprint density at radius 1 is 1.37 bits per heavy atom. The van der Waals surface area contributed by atoms with Gasteiger partial charge in [0.25, 0.3) is 0 Å². The molecule has 0 radical (unpaired) electrons. The average molecular weight is 368 g/mol. The summed E-state index contributed by atoms with van der Waals surface area (Å²) in [6.07, 6.45) is 2.37. The topological polar surface area (TPSA) is 112 Å². The maximum atomic E-state index is 12.4. The molecule has 1 aromatic carbocycles. The Labute approximate surface area is 155 Å². The minimum Gasteiger partial charge on any atom is -0.471 e. The number of aromatic nitrogens is 3. The first-order valence-corrected chi connectivity index (χ1v) is 8.83. The van der Waals surface area contributed by atoms with Gasteiger partial charge in [0.05, 0.1) is 25.3 Å². The van der Waals surface area contributed by atoms with Crippen molar-refractivity contribution in [1.82, 2.24) is 15.0 Å². The number of rotatable bonds is 5. The highest BCUT2D eigenvalue weighted by Gasteiger charge is 2.27. The van der Waals surface area contributed by atoms with E-state index in [1.165, 1.54) is 0 Å². The van der Waals surface area contributed by atoms with E-state index in [9.17, 15) is 4.79 Å². The summed E-state index contributed by atoms with van der Waals surface area (Å²) in [6, 6.07) is 7.75. The molecular weight excluding hydrogens is 348 g/mol. The van der Waals surface area contributed by atoms with Crippen LogP contribution in [0.1, 0.15) is 23.7 Å². The van der Waals surface area contributed by atoms with Crippen LogP contribution in [0, 0.1) is 0 Å². The van der Waals surface area contributed by atoms with Gasteiger partial charge in [-0.05, 0) is 19.1 Å². The summed E-state index contributed by atoms with van der Waals surface area (Å²) in [5.41, 5.74) is 7.81. The van der Waals surface area contributed by atoms with Crippen LogP contribution < -0.4 is 10.5 Å². The van der Waals surface area contributed by atoms with Crippen molar-refractivity contribution in [3.63, 3.8) is 0 Å². The van der Waals surface area contributed by atoms with Crippen LogP contribution in [0.5, 0.6) is 5.88 Å². The number of aromatic amines is 1. The molecule has 0 unspecified atom stereocenters. The number of H-pyrrole nitrogens is 1. The van der Waals surface area contributed by atoms with Gasteiger partial charge in [0.2, 0.25) is 5.88 Å². The third-order valence-electron chi connectivity index (χ3n) is 4.38. The molecule has 0 amide bonds. The van der Waals surface area contributed by atoms with Gasteiger partial charge in [-0.25, -0.2) is 9.78 Å². The molecule has 0 aliphatic carbocycles. The van der Waals surface area contributed by atoms with Gasteiger partial charge in [0.15, 0.2) is 11.4 Å². The molecule has 1 aliphatic heterocycles. The Morgan fingerprint density at radius 3 is 3.04 bits per heavy atom. The quantitative estimate of drug-likeness (QED) is 0.666. The van der Waals surface area contributed by atoms with Gasteiger partial charge in [-0.2, -0.15) is 4.98 Å². The van der Waals surface area contributed by atoms with Crippen LogP contribution in [0.3, 0.4) is 0 Å². The number of esters is 1. The van der Waals surface area contributed by atoms with Crippen molar-refractivity contribution in [2.24, 2.45) is 0 Å². The first-order chi connectivity index (χ1) is 13.2. The summed E-state index contributed by atoms with van der Waals surface area (Å²) in [5.74, 6) is -0.0815. The first kappa shape index (κ1) is 17.3. The second-order valence-electron chi connectivity index (χ2n) is 6.18. The molecule has 8 heteroatoms. The van der Waals surface area contributed by atoms with Gasteiger partial charge in [-0.3, -0.25) is 0 Å². The molecular formula is C19H20N4O4. The predicted molar refractivity (Wildman–Crippen MR) is 99.5 cm³/mol. The number of benzene rings is 1. The second kappa shape index (κ2) is 7.24. The molecule has 3 N–H and O–H groups in total. The minimum atomic E-state index is -0.603. The maximum Gasteiger partial charge on any atom is 0.347 e. The fourth-order valence-electron chi connectivity index (χ4n) is 3.09. The van der Waals surface area contributed by atoms with Crippen molar-refractivity contribution in [2.75, 3.05) is 25.6 Å². The molecule has 0 saturated carbocycles. The number of nitrogen functional groups attached to an aromatic ring is 1. The zero-order chi connectivity index (χ0) is 18.8. The smallest absolute Gasteiger partial charge is 0.347 e. The lowest BCUT2D eigenvalue weighted by Gasteiger charge is -2.16. The Balaban J connectivity index is 1.82. The van der Waals surface area contributed by atoms with Crippen LogP contribution >= 0.6 is 0 Å². The number of carbonyl (C=O) groups excluding carboxylic acids is 1. The van der Waals surface area contributed by atoms with Crippen molar-refractivity contribution in [3.8, 4) is 17.3 Å². The van der Waals surface area contributed by atoms with Crippen LogP contribution in [0.2, 0.25) is 0 Å². The second-order valence-corrected chi connectivity index (χ2v) is 6.18. The van der Waals surface area contributed by atoms with E-state index in [1.807, 2.05) is 30.5 Å². The van der Waals surface area contributed by atoms with Crippen LogP contribution in [0.4, 0.5) is 5.82 Å². The number of nitrogens with zero attached hydrogens (tertiary/aromatic N) is 2. The number of para-hydroxylation sites is 1. The van der Waals surface area contributed by atoms with Crippen molar-refractivity contribution in [2.45, 2.75) is 19.4 Å². The molecule has 0 bridgehead atoms. The molecule has 1 atom stereocenters. The summed E-state index contributed by atoms with van der Waals surface area (Å²) >= 11 is 0. The molecule has 8 nitrogen and oxygen atoms in total. The zero-order valence-electron chi connectivity index (χ0n) is 14.9. The van der Waals surface area contributed by atoms with Gasteiger partial charge in [-0.15, -0.1) is 0 Å². The SMILES string of the molecule is CCOC(=O)c1c(N)nc(-c2cccc3cc[nH]c23)nc1O[C@H]1CCOC1. The predicted octanol–water partition coefficient (Wildman–Crippen LogP) is 2.55. The van der Waals surface area contributed by atoms with Gasteiger partial charge < -0.3 is 24.9 Å². The van der Waals surface area contributed by atoms with Crippen LogP contribution in [-0.4, -0.2) is 46.8 Å². The summed E-state index contributed by atoms with van der Waals surface area (Å²) in [4.78, 5) is 24.4. The number of anilines is 1. The van der Waals surface area contributed by atoms with E-state index in [4.69, 9.17) is 19.9 Å². The summed E-state index contributed by atoms with van der Waals surface area (Å²) in [6.45, 7) is 2.98. The number of ether oxygens (including phenoxy) is 3. The largest absolute Gasteiger partial charge is 0.471 e. The van der Waals surface area contributed by atoms with Crippen molar-refractivity contribution in [1.29, 1.82) is 0 Å². The first-order valence-electron chi connectivity index (χ1n) is 8.83. The van der Waals surface area contributed by atoms with Crippen LogP contribution in [0.15, 0.2) is 30.5 Å². The number of nitrogens with two attached hydrogens (primary N) is 1. The van der Waals surface area contributed by atoms with E-state index in [-0.39, 0.29) is 30.0 Å². The monoisotopic (exact) mass is 368 g/mol. The van der Waals surface area contributed by atoms with Crippen LogP contribution in [0.25, 0.3) is 22.3 Å². The number of hydrogen-bond donors (Lipinski definition) is 2. The van der Waals surface area contributed by atoms with Crippen molar-refractivity contribution < 1.29 is 19.0 Å². The van der Waals surface area contributed by atoms with E-state index in [2.05, 4.69) is 15.0 Å². The Bertz CT molecular complexity index is 979. The summed E-state index contributed by atoms with van der Waals surface area (Å²) in [7, 11) is 0. The summed E-state index contributed by atoms with van der Waals surface area (Å²) < 4.78 is 16.4. The highest BCUT2D eigenvalue weighted by Crippen LogP contribution is 2.31. The molecule has 27 heavy (non-hydrogen) atoms. The van der Waals surface area contributed by atoms with E-state index < -0.39 is 5.97 Å². The van der Waals surface area contributed by atoms with E-state index in [0.717, 1.165) is 16.5 Å². The Kier molecular flexibility index (Phi) is 4.64. The molecule has 3 heterocycles. The van der Waals surface area contributed by atoms with E-state index in [0.29, 0.717) is 25.5 Å². The van der Waals surface area contributed by atoms with Crippen molar-refractivity contribution in [3.05, 3.63) is 36.0 Å². The van der Waals surface area contributed by atoms with Crippen molar-refractivity contribution >= 4 is 22.7 Å². The third kappa shape index (κ3) is 3.31. The maximum absolute atomic E-state index is 12.4. The Morgan fingerprint density at radius 2 is 2.26 bits per heavy atom. The molecule has 1 saturated heterocycles. The van der Waals surface area contributed by atoms with E-state index >= 15 is 0 Å². The molecule has 0 spiro atoms. The molecule has 3 aromatic rings. The standard InChI is InChI=1S/C19H20N4O4/c1-2-26-19(24)14-16(20)22-17(23-18(14)27-12-7-9-25-10-12)13-5-3-4-11-6-8-21-15(11)13/h3-6,8,12,21H,2,7,9-10H2,1H3,(H2,20,22,23)/t12-/m0/s1. The molecule has 4 rings (SSSR count). The highest BCUT2D eigenvalue weighted by atomic mass is 16.6. The van der Waals surface area contributed by atoms with Crippen LogP contribution in [-0.2, 0) is 9.47 Å². The van der Waals surface area contributed by atoms with E-state index in [1.54, 1.807) is 6.92 Å². The number of hydrogen-bond acceptors (Lipinski definition) is 7. The lowest BCUT2D eigenvalue weighted by Crippen LogP contribution is -2.21. The fourth-order valence-corrected chi connectivity index (χ4v) is 3.09. The lowest BCUT2D eigenvalue weighted by atomic mass is 10.1. The third-order valence-corrected chi connectivity index (χ3v) is 4.38. The molecule has 2 aromatic heterocycles. The normalized spacial score (nSPS) is 16.6. The zero-order valence-corrected chi connectivity index (χ0v) is 14.9. The molecule has 140 valence electrons. The fraction of sp³-hybridized carbons (Fsp3) is 0.316. The molecule has 1 aliphatic rings. The van der Waals surface area contributed by atoms with Gasteiger partial charge >= 0.3 is 5.97 Å². The Hall–Kier alpha value is -3.13. The number of carbonyl (C=O) groups is 1. The van der Waals surface area contributed by atoms with Gasteiger partial charge in [0.1, 0.15) is 11.9 Å². The molecule has 1 fully saturated rings. The minimum absolute atomic E-state index is 0.0240. The highest BCUT2D eigenvalue weighted by molar-refractivity contribution is 5.98.